The van der Waals surface area contributed by atoms with E-state index in [1.165, 1.54) is 0 Å². The summed E-state index contributed by atoms with van der Waals surface area (Å²) in [6.07, 6.45) is 3.50. The number of amides is 1. The lowest BCUT2D eigenvalue weighted by Gasteiger charge is -2.19. The lowest BCUT2D eigenvalue weighted by atomic mass is 10.3. The number of hydrogen-bond donors (Lipinski definition) is 2. The normalized spacial score (nSPS) is 13.1. The molecule has 2 aromatic rings. The standard InChI is InChI=1S/C14H13N3O3S/c1-21-11-6-8(2-3-9(11)15)20-10-4-5-16-14-13(10)19-7-12(18)17-14/h2-6H,7,15H2,1H3,(H,16,17,18). The van der Waals surface area contributed by atoms with Crippen molar-refractivity contribution < 1.29 is 14.3 Å². The molecule has 0 atom stereocenters. The lowest BCUT2D eigenvalue weighted by molar-refractivity contribution is -0.118. The van der Waals surface area contributed by atoms with Crippen LogP contribution < -0.4 is 20.5 Å². The molecule has 1 aromatic heterocycles. The second-order valence-electron chi connectivity index (χ2n) is 4.33. The maximum atomic E-state index is 11.3. The third kappa shape index (κ3) is 2.73. The van der Waals surface area contributed by atoms with Crippen molar-refractivity contribution >= 4 is 29.2 Å². The highest BCUT2D eigenvalue weighted by Crippen LogP contribution is 2.39. The van der Waals surface area contributed by atoms with E-state index < -0.39 is 0 Å². The van der Waals surface area contributed by atoms with E-state index in [4.69, 9.17) is 15.2 Å². The van der Waals surface area contributed by atoms with E-state index in [9.17, 15) is 4.79 Å². The number of nitrogens with two attached hydrogens (primary N) is 1. The highest BCUT2D eigenvalue weighted by molar-refractivity contribution is 7.98. The minimum atomic E-state index is -0.232. The Morgan fingerprint density at radius 1 is 1.43 bits per heavy atom. The molecule has 0 aliphatic carbocycles. The molecular formula is C14H13N3O3S. The number of thioether (sulfide) groups is 1. The summed E-state index contributed by atoms with van der Waals surface area (Å²) < 4.78 is 11.2. The summed E-state index contributed by atoms with van der Waals surface area (Å²) in [6, 6.07) is 7.11. The van der Waals surface area contributed by atoms with Crippen molar-refractivity contribution in [3.63, 3.8) is 0 Å². The number of rotatable bonds is 3. The Morgan fingerprint density at radius 3 is 3.10 bits per heavy atom. The van der Waals surface area contributed by atoms with Crippen LogP contribution in [0.2, 0.25) is 0 Å². The third-order valence-electron chi connectivity index (χ3n) is 2.91. The molecule has 3 rings (SSSR count). The Labute approximate surface area is 125 Å². The summed E-state index contributed by atoms with van der Waals surface area (Å²) in [4.78, 5) is 16.3. The molecule has 7 heteroatoms. The van der Waals surface area contributed by atoms with Crippen LogP contribution >= 0.6 is 11.8 Å². The van der Waals surface area contributed by atoms with Crippen molar-refractivity contribution in [3.05, 3.63) is 30.5 Å². The van der Waals surface area contributed by atoms with Crippen LogP contribution in [0.1, 0.15) is 0 Å². The second-order valence-corrected chi connectivity index (χ2v) is 5.18. The number of nitrogens with one attached hydrogen (secondary N) is 1. The number of carbonyl (C=O) groups excluding carboxylic acids is 1. The molecule has 0 spiro atoms. The van der Waals surface area contributed by atoms with Crippen LogP contribution in [-0.2, 0) is 4.79 Å². The fourth-order valence-corrected chi connectivity index (χ4v) is 2.46. The number of hydrogen-bond acceptors (Lipinski definition) is 6. The molecule has 1 aliphatic heterocycles. The van der Waals surface area contributed by atoms with E-state index in [1.807, 2.05) is 12.3 Å². The topological polar surface area (TPSA) is 86.5 Å². The molecule has 2 heterocycles. The maximum absolute atomic E-state index is 11.3. The Hall–Kier alpha value is -2.41. The minimum Gasteiger partial charge on any atom is -0.476 e. The van der Waals surface area contributed by atoms with Crippen molar-refractivity contribution in [1.82, 2.24) is 4.98 Å². The first kappa shape index (κ1) is 13.6. The van der Waals surface area contributed by atoms with Crippen molar-refractivity contribution in [1.29, 1.82) is 0 Å². The summed E-state index contributed by atoms with van der Waals surface area (Å²) in [7, 11) is 0. The molecule has 0 unspecified atom stereocenters. The van der Waals surface area contributed by atoms with Gasteiger partial charge >= 0.3 is 0 Å². The molecule has 1 aromatic carbocycles. The van der Waals surface area contributed by atoms with Gasteiger partial charge in [0, 0.05) is 22.8 Å². The summed E-state index contributed by atoms with van der Waals surface area (Å²) >= 11 is 1.54. The van der Waals surface area contributed by atoms with Crippen molar-refractivity contribution in [3.8, 4) is 17.2 Å². The average molecular weight is 303 g/mol. The minimum absolute atomic E-state index is 0.0488. The zero-order chi connectivity index (χ0) is 14.8. The smallest absolute Gasteiger partial charge is 0.263 e. The van der Waals surface area contributed by atoms with Crippen molar-refractivity contribution in [2.75, 3.05) is 23.9 Å². The molecule has 1 aliphatic rings. The highest BCUT2D eigenvalue weighted by atomic mass is 32.2. The second kappa shape index (κ2) is 5.53. The number of aromatic nitrogens is 1. The van der Waals surface area contributed by atoms with Gasteiger partial charge in [-0.3, -0.25) is 4.79 Å². The van der Waals surface area contributed by atoms with E-state index >= 15 is 0 Å². The fourth-order valence-electron chi connectivity index (χ4n) is 1.93. The van der Waals surface area contributed by atoms with Crippen LogP contribution in [0.4, 0.5) is 11.5 Å². The van der Waals surface area contributed by atoms with Crippen LogP contribution in [0.25, 0.3) is 0 Å². The Balaban J connectivity index is 1.92. The van der Waals surface area contributed by atoms with E-state index in [2.05, 4.69) is 10.3 Å². The van der Waals surface area contributed by atoms with Crippen LogP contribution in [-0.4, -0.2) is 23.8 Å². The first-order chi connectivity index (χ1) is 10.2. The van der Waals surface area contributed by atoms with Gasteiger partial charge in [-0.05, 0) is 24.5 Å². The van der Waals surface area contributed by atoms with Gasteiger partial charge in [-0.15, -0.1) is 11.8 Å². The molecule has 0 fully saturated rings. The molecule has 21 heavy (non-hydrogen) atoms. The fraction of sp³-hybridized carbons (Fsp3) is 0.143. The first-order valence-electron chi connectivity index (χ1n) is 6.20. The van der Waals surface area contributed by atoms with Gasteiger partial charge in [0.1, 0.15) is 5.75 Å². The predicted octanol–water partition coefficient (Wildman–Crippen LogP) is 2.51. The molecule has 0 radical (unpaired) electrons. The number of nitrogens with zero attached hydrogens (tertiary/aromatic N) is 1. The zero-order valence-electron chi connectivity index (χ0n) is 11.3. The van der Waals surface area contributed by atoms with Crippen LogP contribution in [0.5, 0.6) is 17.2 Å². The highest BCUT2D eigenvalue weighted by Gasteiger charge is 2.21. The predicted molar refractivity (Wildman–Crippen MR) is 81.1 cm³/mol. The third-order valence-corrected chi connectivity index (χ3v) is 3.70. The number of pyridine rings is 1. The van der Waals surface area contributed by atoms with Gasteiger partial charge in [-0.1, -0.05) is 0 Å². The molecule has 6 nitrogen and oxygen atoms in total. The van der Waals surface area contributed by atoms with E-state index in [-0.39, 0.29) is 12.5 Å². The number of anilines is 2. The average Bonchev–Trinajstić information content (AvgIpc) is 2.49. The number of benzene rings is 1. The monoisotopic (exact) mass is 303 g/mol. The summed E-state index contributed by atoms with van der Waals surface area (Å²) in [5.74, 6) is 1.70. The van der Waals surface area contributed by atoms with Gasteiger partial charge < -0.3 is 20.5 Å². The van der Waals surface area contributed by atoms with E-state index in [0.29, 0.717) is 28.8 Å². The number of fused-ring (bicyclic) bond motifs is 1. The zero-order valence-corrected chi connectivity index (χ0v) is 12.1. The first-order valence-corrected chi connectivity index (χ1v) is 7.43. The molecule has 1 amide bonds. The Morgan fingerprint density at radius 2 is 2.29 bits per heavy atom. The Kier molecular flexibility index (Phi) is 3.57. The molecule has 0 bridgehead atoms. The van der Waals surface area contributed by atoms with Gasteiger partial charge in [-0.2, -0.15) is 0 Å². The molecule has 0 saturated carbocycles. The summed E-state index contributed by atoms with van der Waals surface area (Å²) in [5.41, 5.74) is 6.56. The molecule has 108 valence electrons. The van der Waals surface area contributed by atoms with Gasteiger partial charge in [0.05, 0.1) is 0 Å². The molecule has 0 saturated heterocycles. The number of ether oxygens (including phenoxy) is 2. The quantitative estimate of drug-likeness (QED) is 0.669. The van der Waals surface area contributed by atoms with Gasteiger partial charge in [0.2, 0.25) is 5.75 Å². The van der Waals surface area contributed by atoms with E-state index in [0.717, 1.165) is 4.90 Å². The summed E-state index contributed by atoms with van der Waals surface area (Å²) in [6.45, 7) is -0.0488. The number of nitrogen functional groups attached to an aromatic ring is 1. The van der Waals surface area contributed by atoms with Gasteiger partial charge in [-0.25, -0.2) is 4.98 Å². The van der Waals surface area contributed by atoms with Gasteiger partial charge in [0.15, 0.2) is 18.2 Å². The van der Waals surface area contributed by atoms with Crippen LogP contribution in [0, 0.1) is 0 Å². The van der Waals surface area contributed by atoms with Crippen LogP contribution in [0.15, 0.2) is 35.4 Å². The summed E-state index contributed by atoms with van der Waals surface area (Å²) in [5, 5.41) is 2.64. The van der Waals surface area contributed by atoms with Gasteiger partial charge in [0.25, 0.3) is 5.91 Å². The van der Waals surface area contributed by atoms with Crippen LogP contribution in [0.3, 0.4) is 0 Å². The van der Waals surface area contributed by atoms with Crippen molar-refractivity contribution in [2.24, 2.45) is 0 Å². The van der Waals surface area contributed by atoms with Crippen molar-refractivity contribution in [2.45, 2.75) is 4.90 Å². The largest absolute Gasteiger partial charge is 0.476 e. The molecule has 3 N–H and O–H groups in total. The van der Waals surface area contributed by atoms with E-state index in [1.54, 1.807) is 36.2 Å². The lowest BCUT2D eigenvalue weighted by Crippen LogP contribution is -2.26. The number of carbonyl (C=O) groups is 1. The maximum Gasteiger partial charge on any atom is 0.263 e. The molecular weight excluding hydrogens is 290 g/mol. The SMILES string of the molecule is CSc1cc(Oc2ccnc3c2OCC(=O)N3)ccc1N. The Bertz CT molecular complexity index is 706.